The van der Waals surface area contributed by atoms with Crippen LogP contribution in [-0.2, 0) is 21.7 Å². The van der Waals surface area contributed by atoms with Gasteiger partial charge in [-0.2, -0.15) is 0 Å². The number of aromatic nitrogens is 4. The number of anilines is 1. The highest BCUT2D eigenvalue weighted by molar-refractivity contribution is 6.30. The maximum Gasteiger partial charge on any atom is 0.320 e. The Morgan fingerprint density at radius 2 is 2.03 bits per heavy atom. The van der Waals surface area contributed by atoms with Crippen molar-refractivity contribution in [2.75, 3.05) is 45.1 Å². The van der Waals surface area contributed by atoms with E-state index in [-0.39, 0.29) is 31.0 Å². The van der Waals surface area contributed by atoms with E-state index in [1.165, 1.54) is 17.2 Å². The molecule has 13 nitrogen and oxygen atoms in total. The molecule has 4 rings (SSSR count). The van der Waals surface area contributed by atoms with Crippen LogP contribution >= 0.6 is 11.6 Å². The summed E-state index contributed by atoms with van der Waals surface area (Å²) in [6.45, 7) is 2.33. The van der Waals surface area contributed by atoms with Gasteiger partial charge in [0.1, 0.15) is 30.1 Å². The summed E-state index contributed by atoms with van der Waals surface area (Å²) in [4.78, 5) is 25.4. The first-order valence-electron chi connectivity index (χ1n) is 12.3. The van der Waals surface area contributed by atoms with Gasteiger partial charge >= 0.3 is 5.97 Å². The number of benzene rings is 1. The van der Waals surface area contributed by atoms with E-state index in [9.17, 15) is 20.1 Å². The van der Waals surface area contributed by atoms with Gasteiger partial charge < -0.3 is 36.8 Å². The van der Waals surface area contributed by atoms with Crippen molar-refractivity contribution < 1.29 is 24.9 Å². The molecule has 4 atom stereocenters. The highest BCUT2D eigenvalue weighted by atomic mass is 35.5. The summed E-state index contributed by atoms with van der Waals surface area (Å²) in [5, 5.41) is 35.7. The Morgan fingerprint density at radius 3 is 2.76 bits per heavy atom. The summed E-state index contributed by atoms with van der Waals surface area (Å²) in [7, 11) is 0. The average molecular weight is 549 g/mol. The second-order valence-corrected chi connectivity index (χ2v) is 9.82. The summed E-state index contributed by atoms with van der Waals surface area (Å²) in [5.74, 6) is -0.919. The largest absolute Gasteiger partial charge is 0.480 e. The van der Waals surface area contributed by atoms with Crippen LogP contribution in [0.2, 0.25) is 5.02 Å². The molecule has 0 spiro atoms. The minimum atomic E-state index is -1.82. The molecule has 0 radical (unpaired) electrons. The third-order valence-electron chi connectivity index (χ3n) is 6.73. The number of nitrogens with two attached hydrogens (primary N) is 2. The number of carbonyl (C=O) groups is 1. The molecule has 0 bridgehead atoms. The molecule has 1 saturated heterocycles. The highest BCUT2D eigenvalue weighted by Crippen LogP contribution is 2.33. The van der Waals surface area contributed by atoms with Crippen LogP contribution in [0.4, 0.5) is 5.82 Å². The van der Waals surface area contributed by atoms with E-state index in [1.807, 2.05) is 29.2 Å². The fourth-order valence-corrected chi connectivity index (χ4v) is 4.57. The number of fused-ring (bicyclic) bond motifs is 1. The quantitative estimate of drug-likeness (QED) is 0.148. The molecule has 0 saturated carbocycles. The van der Waals surface area contributed by atoms with Crippen LogP contribution in [0.1, 0.15) is 12.0 Å². The van der Waals surface area contributed by atoms with Crippen LogP contribution < -0.4 is 16.8 Å². The third kappa shape index (κ3) is 6.38. The molecule has 3 heterocycles. The Hall–Kier alpha value is -2.91. The number of hydrogen-bond donors (Lipinski definition) is 6. The van der Waals surface area contributed by atoms with Crippen molar-refractivity contribution >= 4 is 34.6 Å². The number of rotatable bonds is 13. The maximum absolute atomic E-state index is 11.4. The predicted octanol–water partition coefficient (Wildman–Crippen LogP) is -0.597. The second-order valence-electron chi connectivity index (χ2n) is 9.38. The van der Waals surface area contributed by atoms with Gasteiger partial charge in [0.2, 0.25) is 0 Å². The van der Waals surface area contributed by atoms with Crippen LogP contribution in [-0.4, -0.2) is 103 Å². The van der Waals surface area contributed by atoms with Crippen molar-refractivity contribution in [3.8, 4) is 0 Å². The van der Waals surface area contributed by atoms with Crippen molar-refractivity contribution in [3.63, 3.8) is 0 Å². The number of ether oxygens (including phenoxy) is 1. The van der Waals surface area contributed by atoms with Gasteiger partial charge in [-0.1, -0.05) is 23.7 Å². The number of hydrogen-bond acceptors (Lipinski definition) is 11. The van der Waals surface area contributed by atoms with Gasteiger partial charge in [0, 0.05) is 31.2 Å². The summed E-state index contributed by atoms with van der Waals surface area (Å²) >= 11 is 5.93. The van der Waals surface area contributed by atoms with Gasteiger partial charge in [-0.3, -0.25) is 14.3 Å². The smallest absolute Gasteiger partial charge is 0.320 e. The standard InChI is InChI=1S/C24H33ClN8O5/c25-16-3-1-15(2-4-16)5-7-28-8-10-32(9-6-17(26)23(35)36)11-18-20(34)24(37,12-38-18)33-14-31-19-21(27)29-13-30-22(19)33/h1-4,13-14,17-18,20,28,34,37H,5-12,26H2,(H,35,36)(H2,27,29,30)/t17?,18-,20-,24-/m1/s1. The number of carboxylic acids is 1. The first kappa shape index (κ1) is 28.1. The molecule has 206 valence electrons. The van der Waals surface area contributed by atoms with E-state index in [4.69, 9.17) is 27.8 Å². The molecule has 3 aromatic rings. The predicted molar refractivity (Wildman–Crippen MR) is 140 cm³/mol. The number of aliphatic hydroxyl groups excluding tert-OH is 1. The molecular weight excluding hydrogens is 516 g/mol. The van der Waals surface area contributed by atoms with Crippen LogP contribution in [0.3, 0.4) is 0 Å². The lowest BCUT2D eigenvalue weighted by molar-refractivity contribution is -0.138. The lowest BCUT2D eigenvalue weighted by Gasteiger charge is -2.30. The number of nitrogens with zero attached hydrogens (tertiary/aromatic N) is 5. The Bertz CT molecular complexity index is 1230. The number of carboxylic acid groups (broad SMARTS) is 1. The summed E-state index contributed by atoms with van der Waals surface area (Å²) in [6.07, 6.45) is 1.57. The third-order valence-corrected chi connectivity index (χ3v) is 6.99. The zero-order chi connectivity index (χ0) is 27.3. The molecule has 0 amide bonds. The zero-order valence-corrected chi connectivity index (χ0v) is 21.5. The van der Waals surface area contributed by atoms with Crippen LogP contribution in [0.15, 0.2) is 36.9 Å². The summed E-state index contributed by atoms with van der Waals surface area (Å²) in [5.41, 5.74) is 11.5. The Morgan fingerprint density at radius 1 is 1.26 bits per heavy atom. The maximum atomic E-state index is 11.4. The lowest BCUT2D eigenvalue weighted by Crippen LogP contribution is -2.49. The molecule has 1 aliphatic rings. The van der Waals surface area contributed by atoms with E-state index in [0.29, 0.717) is 30.2 Å². The van der Waals surface area contributed by atoms with Crippen molar-refractivity contribution in [2.45, 2.75) is 36.8 Å². The molecule has 1 unspecified atom stereocenters. The SMILES string of the molecule is Nc1ncnc2c1ncn2[C@@]1(O)CO[C@H](CN(CCNCCc2ccc(Cl)cc2)CCC(N)C(=O)O)[C@H]1O. The van der Waals surface area contributed by atoms with Gasteiger partial charge in [-0.15, -0.1) is 0 Å². The number of aliphatic carboxylic acids is 1. The van der Waals surface area contributed by atoms with Crippen molar-refractivity contribution in [3.05, 3.63) is 47.5 Å². The zero-order valence-electron chi connectivity index (χ0n) is 20.8. The number of nitrogens with one attached hydrogen (secondary N) is 1. The monoisotopic (exact) mass is 548 g/mol. The van der Waals surface area contributed by atoms with Gasteiger partial charge in [-0.25, -0.2) is 15.0 Å². The molecule has 2 aromatic heterocycles. The van der Waals surface area contributed by atoms with Crippen molar-refractivity contribution in [1.29, 1.82) is 0 Å². The van der Waals surface area contributed by atoms with E-state index in [0.717, 1.165) is 18.5 Å². The molecule has 0 aliphatic carbocycles. The van der Waals surface area contributed by atoms with E-state index in [2.05, 4.69) is 20.3 Å². The normalized spacial score (nSPS) is 22.3. The molecular formula is C24H33ClN8O5. The number of halogens is 1. The fraction of sp³-hybridized carbons (Fsp3) is 0.500. The number of nitrogen functional groups attached to an aromatic ring is 1. The van der Waals surface area contributed by atoms with Crippen LogP contribution in [0.25, 0.3) is 11.2 Å². The Labute approximate surface area is 224 Å². The Kier molecular flexibility index (Phi) is 9.10. The van der Waals surface area contributed by atoms with Crippen molar-refractivity contribution in [2.24, 2.45) is 5.73 Å². The van der Waals surface area contributed by atoms with E-state index in [1.54, 1.807) is 0 Å². The van der Waals surface area contributed by atoms with Gasteiger partial charge in [-0.05, 0) is 37.1 Å². The minimum absolute atomic E-state index is 0.159. The van der Waals surface area contributed by atoms with Gasteiger partial charge in [0.05, 0.1) is 12.9 Å². The topological polar surface area (TPSA) is 198 Å². The number of imidazole rings is 1. The van der Waals surface area contributed by atoms with Gasteiger partial charge in [0.15, 0.2) is 17.2 Å². The van der Waals surface area contributed by atoms with Gasteiger partial charge in [0.25, 0.3) is 0 Å². The molecule has 38 heavy (non-hydrogen) atoms. The average Bonchev–Trinajstić information content (AvgIpc) is 3.46. The summed E-state index contributed by atoms with van der Waals surface area (Å²) < 4.78 is 7.16. The van der Waals surface area contributed by atoms with Crippen LogP contribution in [0.5, 0.6) is 0 Å². The highest BCUT2D eigenvalue weighted by Gasteiger charge is 2.50. The van der Waals surface area contributed by atoms with Crippen molar-refractivity contribution in [1.82, 2.24) is 29.7 Å². The minimum Gasteiger partial charge on any atom is -0.480 e. The molecule has 1 fully saturated rings. The summed E-state index contributed by atoms with van der Waals surface area (Å²) in [6, 6.07) is 6.66. The number of aliphatic hydroxyl groups is 2. The first-order valence-corrected chi connectivity index (χ1v) is 12.7. The second kappa shape index (κ2) is 12.3. The molecule has 14 heteroatoms. The first-order chi connectivity index (χ1) is 18.2. The molecule has 1 aromatic carbocycles. The lowest BCUT2D eigenvalue weighted by atomic mass is 10.0. The fourth-order valence-electron chi connectivity index (χ4n) is 4.44. The van der Waals surface area contributed by atoms with E-state index < -0.39 is 29.9 Å². The van der Waals surface area contributed by atoms with Crippen LogP contribution in [0, 0.1) is 0 Å². The molecule has 8 N–H and O–H groups in total. The molecule has 1 aliphatic heterocycles. The Balaban J connectivity index is 1.37. The van der Waals surface area contributed by atoms with E-state index >= 15 is 0 Å².